The summed E-state index contributed by atoms with van der Waals surface area (Å²) in [6, 6.07) is 3.82. The zero-order chi connectivity index (χ0) is 22.4. The van der Waals surface area contributed by atoms with Gasteiger partial charge in [0.1, 0.15) is 17.9 Å². The number of aromatic nitrogens is 2. The van der Waals surface area contributed by atoms with Gasteiger partial charge in [-0.1, -0.05) is 0 Å². The SMILES string of the molecule is CCOC(=O)CNc1nc2ncccc2c(N2CCN(C)CC2)c1C(=O)N(CC)CC. The molecule has 0 bridgehead atoms. The van der Waals surface area contributed by atoms with E-state index in [1.165, 1.54) is 0 Å². The Bertz CT molecular complexity index is 923. The average Bonchev–Trinajstić information content (AvgIpc) is 2.78. The molecule has 0 unspecified atom stereocenters. The lowest BCUT2D eigenvalue weighted by Gasteiger charge is -2.36. The van der Waals surface area contributed by atoms with Gasteiger partial charge < -0.3 is 24.8 Å². The Labute approximate surface area is 183 Å². The zero-order valence-corrected chi connectivity index (χ0v) is 18.8. The molecule has 1 N–H and O–H groups in total. The van der Waals surface area contributed by atoms with E-state index in [4.69, 9.17) is 4.74 Å². The monoisotopic (exact) mass is 428 g/mol. The van der Waals surface area contributed by atoms with Gasteiger partial charge in [-0.15, -0.1) is 0 Å². The molecule has 0 atom stereocenters. The molecule has 1 saturated heterocycles. The highest BCUT2D eigenvalue weighted by Gasteiger charge is 2.29. The molecular formula is C22H32N6O3. The molecule has 2 aromatic heterocycles. The van der Waals surface area contributed by atoms with Crippen LogP contribution in [0.5, 0.6) is 0 Å². The van der Waals surface area contributed by atoms with Crippen molar-refractivity contribution in [1.82, 2.24) is 19.8 Å². The van der Waals surface area contributed by atoms with Crippen LogP contribution in [0.3, 0.4) is 0 Å². The van der Waals surface area contributed by atoms with Crippen LogP contribution in [-0.2, 0) is 9.53 Å². The summed E-state index contributed by atoms with van der Waals surface area (Å²) in [6.45, 7) is 10.4. The number of hydrogen-bond acceptors (Lipinski definition) is 8. The molecule has 31 heavy (non-hydrogen) atoms. The van der Waals surface area contributed by atoms with Crippen molar-refractivity contribution in [3.63, 3.8) is 0 Å². The topological polar surface area (TPSA) is 90.9 Å². The molecule has 0 aromatic carbocycles. The Balaban J connectivity index is 2.16. The second-order valence-electron chi connectivity index (χ2n) is 7.48. The Morgan fingerprint density at radius 3 is 2.52 bits per heavy atom. The first-order valence-corrected chi connectivity index (χ1v) is 10.9. The van der Waals surface area contributed by atoms with E-state index < -0.39 is 5.97 Å². The molecule has 9 nitrogen and oxygen atoms in total. The molecule has 168 valence electrons. The number of nitrogens with one attached hydrogen (secondary N) is 1. The van der Waals surface area contributed by atoms with Crippen LogP contribution in [-0.4, -0.2) is 91.1 Å². The summed E-state index contributed by atoms with van der Waals surface area (Å²) in [5, 5.41) is 3.89. The van der Waals surface area contributed by atoms with Crippen molar-refractivity contribution in [1.29, 1.82) is 0 Å². The van der Waals surface area contributed by atoms with Crippen LogP contribution >= 0.6 is 0 Å². The number of hydrogen-bond donors (Lipinski definition) is 1. The van der Waals surface area contributed by atoms with Gasteiger partial charge in [0.05, 0.1) is 12.3 Å². The molecule has 3 rings (SSSR count). The third-order valence-corrected chi connectivity index (χ3v) is 5.52. The van der Waals surface area contributed by atoms with Gasteiger partial charge in [0.15, 0.2) is 5.65 Å². The molecule has 0 saturated carbocycles. The summed E-state index contributed by atoms with van der Waals surface area (Å²) in [4.78, 5) is 41.0. The van der Waals surface area contributed by atoms with Crippen LogP contribution in [0.4, 0.5) is 11.5 Å². The summed E-state index contributed by atoms with van der Waals surface area (Å²) < 4.78 is 5.04. The Hall–Kier alpha value is -2.94. The minimum atomic E-state index is -0.396. The molecule has 1 fully saturated rings. The fourth-order valence-electron chi connectivity index (χ4n) is 3.81. The number of anilines is 2. The zero-order valence-electron chi connectivity index (χ0n) is 18.8. The molecule has 3 heterocycles. The first-order valence-electron chi connectivity index (χ1n) is 10.9. The maximum atomic E-state index is 13.6. The van der Waals surface area contributed by atoms with Crippen LogP contribution < -0.4 is 10.2 Å². The van der Waals surface area contributed by atoms with Crippen LogP contribution in [0.2, 0.25) is 0 Å². The summed E-state index contributed by atoms with van der Waals surface area (Å²) in [6.07, 6.45) is 1.68. The number of carbonyl (C=O) groups is 2. The summed E-state index contributed by atoms with van der Waals surface area (Å²) in [5.41, 5.74) is 1.85. The van der Waals surface area contributed by atoms with Gasteiger partial charge in [0.25, 0.3) is 5.91 Å². The van der Waals surface area contributed by atoms with E-state index in [1.54, 1.807) is 18.0 Å². The number of ether oxygens (including phenoxy) is 1. The highest BCUT2D eigenvalue weighted by atomic mass is 16.5. The number of nitrogens with zero attached hydrogens (tertiary/aromatic N) is 5. The molecule has 1 aliphatic rings. The van der Waals surface area contributed by atoms with Crippen LogP contribution in [0.1, 0.15) is 31.1 Å². The van der Waals surface area contributed by atoms with Crippen molar-refractivity contribution in [2.45, 2.75) is 20.8 Å². The summed E-state index contributed by atoms with van der Waals surface area (Å²) in [5.74, 6) is -0.138. The predicted octanol–water partition coefficient (Wildman–Crippen LogP) is 1.84. The largest absolute Gasteiger partial charge is 0.465 e. The lowest BCUT2D eigenvalue weighted by atomic mass is 10.1. The molecule has 1 aliphatic heterocycles. The van der Waals surface area contributed by atoms with E-state index >= 15 is 0 Å². The van der Waals surface area contributed by atoms with Crippen LogP contribution in [0, 0.1) is 0 Å². The lowest BCUT2D eigenvalue weighted by Crippen LogP contribution is -2.45. The highest BCUT2D eigenvalue weighted by Crippen LogP contribution is 2.35. The second-order valence-corrected chi connectivity index (χ2v) is 7.48. The first-order chi connectivity index (χ1) is 15.0. The highest BCUT2D eigenvalue weighted by molar-refractivity contribution is 6.11. The van der Waals surface area contributed by atoms with Crippen molar-refractivity contribution >= 4 is 34.4 Å². The molecule has 9 heteroatoms. The van der Waals surface area contributed by atoms with E-state index in [9.17, 15) is 9.59 Å². The third-order valence-electron chi connectivity index (χ3n) is 5.52. The molecular weight excluding hydrogens is 396 g/mol. The Morgan fingerprint density at radius 2 is 1.87 bits per heavy atom. The smallest absolute Gasteiger partial charge is 0.325 e. The molecule has 1 amide bonds. The van der Waals surface area contributed by atoms with E-state index in [2.05, 4.69) is 32.1 Å². The maximum absolute atomic E-state index is 13.6. The molecule has 0 aliphatic carbocycles. The number of fused-ring (bicyclic) bond motifs is 1. The van der Waals surface area contributed by atoms with Crippen LogP contribution in [0.15, 0.2) is 18.3 Å². The average molecular weight is 429 g/mol. The minimum absolute atomic E-state index is 0.0696. The maximum Gasteiger partial charge on any atom is 0.325 e. The van der Waals surface area contributed by atoms with Crippen molar-refractivity contribution in [3.05, 3.63) is 23.9 Å². The third kappa shape index (κ3) is 5.04. The van der Waals surface area contributed by atoms with Gasteiger partial charge in [-0.25, -0.2) is 9.97 Å². The number of carbonyl (C=O) groups excluding carboxylic acids is 2. The standard InChI is InChI=1S/C22H32N6O3/c1-5-27(6-2)22(30)18-19(28-13-11-26(4)12-14-28)16-9-8-10-23-20(16)25-21(18)24-15-17(29)31-7-3/h8-10H,5-7,11-15H2,1-4H3,(H,23,24,25). The fraction of sp³-hybridized carbons (Fsp3) is 0.545. The van der Waals surface area contributed by atoms with Crippen molar-refractivity contribution in [2.24, 2.45) is 0 Å². The number of piperazine rings is 1. The van der Waals surface area contributed by atoms with Crippen molar-refractivity contribution in [2.75, 3.05) is 69.7 Å². The van der Waals surface area contributed by atoms with E-state index in [1.807, 2.05) is 26.0 Å². The number of likely N-dealkylation sites (N-methyl/N-ethyl adjacent to an activating group) is 1. The molecule has 0 spiro atoms. The number of rotatable bonds is 8. The van der Waals surface area contributed by atoms with Crippen molar-refractivity contribution < 1.29 is 14.3 Å². The number of amides is 1. The van der Waals surface area contributed by atoms with E-state index in [0.29, 0.717) is 36.7 Å². The van der Waals surface area contributed by atoms with Gasteiger partial charge in [-0.05, 0) is 40.0 Å². The second kappa shape index (κ2) is 10.4. The predicted molar refractivity (Wildman–Crippen MR) is 122 cm³/mol. The fourth-order valence-corrected chi connectivity index (χ4v) is 3.81. The normalized spacial score (nSPS) is 14.5. The van der Waals surface area contributed by atoms with E-state index in [-0.39, 0.29) is 12.5 Å². The van der Waals surface area contributed by atoms with Gasteiger partial charge in [0.2, 0.25) is 0 Å². The summed E-state index contributed by atoms with van der Waals surface area (Å²) >= 11 is 0. The minimum Gasteiger partial charge on any atom is -0.465 e. The summed E-state index contributed by atoms with van der Waals surface area (Å²) in [7, 11) is 2.10. The van der Waals surface area contributed by atoms with Gasteiger partial charge in [-0.2, -0.15) is 0 Å². The quantitative estimate of drug-likeness (QED) is 0.637. The Morgan fingerprint density at radius 1 is 1.16 bits per heavy atom. The molecule has 0 radical (unpaired) electrons. The van der Waals surface area contributed by atoms with Gasteiger partial charge in [-0.3, -0.25) is 9.59 Å². The number of esters is 1. The van der Waals surface area contributed by atoms with Gasteiger partial charge >= 0.3 is 5.97 Å². The number of pyridine rings is 2. The van der Waals surface area contributed by atoms with Crippen LogP contribution in [0.25, 0.3) is 11.0 Å². The Kier molecular flexibility index (Phi) is 7.62. The van der Waals surface area contributed by atoms with Crippen molar-refractivity contribution in [3.8, 4) is 0 Å². The molecule has 2 aromatic rings. The van der Waals surface area contributed by atoms with E-state index in [0.717, 1.165) is 37.3 Å². The first kappa shape index (κ1) is 22.7. The van der Waals surface area contributed by atoms with Gasteiger partial charge in [0, 0.05) is 50.9 Å². The lowest BCUT2D eigenvalue weighted by molar-refractivity contribution is -0.140.